The molecule has 1 aliphatic heterocycles. The molecule has 5 nitrogen and oxygen atoms in total. The first-order valence-electron chi connectivity index (χ1n) is 5.58. The first-order valence-corrected chi connectivity index (χ1v) is 5.58. The minimum Gasteiger partial charge on any atom is -0.435 e. The maximum Gasteiger partial charge on any atom is 0.387 e. The summed E-state index contributed by atoms with van der Waals surface area (Å²) >= 11 is 0. The molecule has 21 heavy (non-hydrogen) atoms. The van der Waals surface area contributed by atoms with E-state index in [1.807, 2.05) is 0 Å². The lowest BCUT2D eigenvalue weighted by molar-refractivity contribution is -0.191. The number of amides is 1. The molecule has 0 unspecified atom stereocenters. The van der Waals surface area contributed by atoms with Crippen LogP contribution in [0.25, 0.3) is 0 Å². The van der Waals surface area contributed by atoms with Crippen LogP contribution in [0, 0.1) is 11.6 Å². The number of hydrogen-bond donors (Lipinski definition) is 1. The Morgan fingerprint density at radius 2 is 1.76 bits per heavy atom. The van der Waals surface area contributed by atoms with Crippen LogP contribution in [0.5, 0.6) is 5.75 Å². The van der Waals surface area contributed by atoms with E-state index in [9.17, 15) is 22.4 Å². The van der Waals surface area contributed by atoms with E-state index >= 15 is 0 Å². The summed E-state index contributed by atoms with van der Waals surface area (Å²) in [6, 6.07) is 1.38. The molecule has 1 aromatic rings. The topological polar surface area (TPSA) is 72.5 Å². The van der Waals surface area contributed by atoms with Crippen LogP contribution >= 0.6 is 0 Å². The largest absolute Gasteiger partial charge is 0.435 e. The third kappa shape index (κ3) is 4.57. The van der Waals surface area contributed by atoms with Gasteiger partial charge in [0.15, 0.2) is 0 Å². The average molecular weight is 307 g/mol. The van der Waals surface area contributed by atoms with E-state index in [-0.39, 0.29) is 30.6 Å². The van der Waals surface area contributed by atoms with Crippen LogP contribution in [0.4, 0.5) is 17.6 Å². The van der Waals surface area contributed by atoms with Crippen molar-refractivity contribution in [2.75, 3.05) is 6.54 Å². The number of alkyl halides is 2. The third-order valence-electron chi connectivity index (χ3n) is 2.66. The summed E-state index contributed by atoms with van der Waals surface area (Å²) in [6.45, 7) is -3.02. The number of benzene rings is 1. The van der Waals surface area contributed by atoms with E-state index in [0.29, 0.717) is 12.1 Å². The minimum atomic E-state index is -3.15. The Kier molecular flexibility index (Phi) is 5.86. The fourth-order valence-corrected chi connectivity index (χ4v) is 1.93. The van der Waals surface area contributed by atoms with E-state index < -0.39 is 29.9 Å². The van der Waals surface area contributed by atoms with E-state index in [1.165, 1.54) is 0 Å². The standard InChI is InChI=1S/C11H9F4NO2.CO2/c12-7-2-6(18-11(14)15)3-8(13)10(7)5-1-9(17)16-4-5;2-1-3/h2-3,5,11H,1,4H2,(H,16,17);/t5-;/m0./s1. The molecule has 0 aromatic heterocycles. The van der Waals surface area contributed by atoms with Gasteiger partial charge < -0.3 is 10.1 Å². The Balaban J connectivity index is 0.000000677. The van der Waals surface area contributed by atoms with Crippen LogP contribution in [0.1, 0.15) is 17.9 Å². The van der Waals surface area contributed by atoms with Crippen molar-refractivity contribution < 1.29 is 36.7 Å². The number of hydrogen-bond acceptors (Lipinski definition) is 4. The summed E-state index contributed by atoms with van der Waals surface area (Å²) in [7, 11) is 0. The van der Waals surface area contributed by atoms with Crippen LogP contribution in [-0.2, 0) is 14.4 Å². The van der Waals surface area contributed by atoms with Gasteiger partial charge in [0.25, 0.3) is 0 Å². The van der Waals surface area contributed by atoms with Crippen molar-refractivity contribution in [3.8, 4) is 5.75 Å². The van der Waals surface area contributed by atoms with Gasteiger partial charge in [-0.3, -0.25) is 4.79 Å². The molecule has 1 N–H and O–H groups in total. The number of carbonyl (C=O) groups is 1. The Bertz CT molecular complexity index is 535. The molecule has 0 saturated carbocycles. The van der Waals surface area contributed by atoms with Gasteiger partial charge >= 0.3 is 12.8 Å². The van der Waals surface area contributed by atoms with E-state index in [2.05, 4.69) is 10.1 Å². The van der Waals surface area contributed by atoms with Gasteiger partial charge in [-0.2, -0.15) is 18.4 Å². The Morgan fingerprint density at radius 1 is 1.24 bits per heavy atom. The summed E-state index contributed by atoms with van der Waals surface area (Å²) < 4.78 is 55.0. The Labute approximate surface area is 115 Å². The number of ether oxygens (including phenoxy) is 1. The monoisotopic (exact) mass is 307 g/mol. The maximum absolute atomic E-state index is 13.6. The molecule has 1 atom stereocenters. The summed E-state index contributed by atoms with van der Waals surface area (Å²) in [6.07, 6.45) is 0.225. The second kappa shape index (κ2) is 7.39. The quantitative estimate of drug-likeness (QED) is 0.861. The van der Waals surface area contributed by atoms with Crippen LogP contribution < -0.4 is 10.1 Å². The highest BCUT2D eigenvalue weighted by molar-refractivity contribution is 5.79. The summed E-state index contributed by atoms with van der Waals surface area (Å²) in [5, 5.41) is 2.45. The Hall–Kier alpha value is -2.41. The molecule has 1 aliphatic rings. The van der Waals surface area contributed by atoms with Gasteiger partial charge in [-0.25, -0.2) is 8.78 Å². The normalized spacial score (nSPS) is 16.8. The lowest BCUT2D eigenvalue weighted by Crippen LogP contribution is -2.14. The SMILES string of the molecule is O=C1C[C@H](c2c(F)cc(OC(F)F)cc2F)CN1.O=C=O. The molecule has 0 bridgehead atoms. The van der Waals surface area contributed by atoms with Crippen molar-refractivity contribution in [3.63, 3.8) is 0 Å². The summed E-state index contributed by atoms with van der Waals surface area (Å²) in [5.41, 5.74) is -0.282. The maximum atomic E-state index is 13.6. The molecular formula is C12H9F4NO4. The van der Waals surface area contributed by atoms with Gasteiger partial charge in [0.2, 0.25) is 5.91 Å². The lowest BCUT2D eigenvalue weighted by atomic mass is 9.97. The van der Waals surface area contributed by atoms with Crippen LogP contribution in [0.3, 0.4) is 0 Å². The zero-order valence-corrected chi connectivity index (χ0v) is 10.4. The third-order valence-corrected chi connectivity index (χ3v) is 2.66. The predicted molar refractivity (Wildman–Crippen MR) is 58.4 cm³/mol. The fraction of sp³-hybridized carbons (Fsp3) is 0.333. The zero-order chi connectivity index (χ0) is 16.0. The molecule has 1 heterocycles. The lowest BCUT2D eigenvalue weighted by Gasteiger charge is -2.12. The van der Waals surface area contributed by atoms with Crippen LogP contribution in [-0.4, -0.2) is 25.2 Å². The highest BCUT2D eigenvalue weighted by atomic mass is 19.3. The second-order valence-electron chi connectivity index (χ2n) is 3.97. The van der Waals surface area contributed by atoms with Crippen molar-refractivity contribution in [3.05, 3.63) is 29.3 Å². The number of carbonyl (C=O) groups excluding carboxylic acids is 3. The van der Waals surface area contributed by atoms with E-state index in [1.54, 1.807) is 0 Å². The van der Waals surface area contributed by atoms with Gasteiger partial charge in [-0.05, 0) is 0 Å². The van der Waals surface area contributed by atoms with E-state index in [4.69, 9.17) is 9.59 Å². The van der Waals surface area contributed by atoms with Crippen molar-refractivity contribution in [2.24, 2.45) is 0 Å². The Morgan fingerprint density at radius 3 is 2.14 bits per heavy atom. The first-order chi connectivity index (χ1) is 9.88. The predicted octanol–water partition coefficient (Wildman–Crippen LogP) is 1.59. The zero-order valence-electron chi connectivity index (χ0n) is 10.4. The molecular weight excluding hydrogens is 298 g/mol. The average Bonchev–Trinajstić information content (AvgIpc) is 2.74. The molecule has 9 heteroatoms. The van der Waals surface area contributed by atoms with Gasteiger partial charge in [0, 0.05) is 36.6 Å². The molecule has 0 aliphatic carbocycles. The van der Waals surface area contributed by atoms with Gasteiger partial charge in [-0.1, -0.05) is 0 Å². The van der Waals surface area contributed by atoms with Crippen LogP contribution in [0.2, 0.25) is 0 Å². The van der Waals surface area contributed by atoms with Gasteiger partial charge in [-0.15, -0.1) is 0 Å². The minimum absolute atomic E-state index is 0.0249. The van der Waals surface area contributed by atoms with Crippen molar-refractivity contribution >= 4 is 12.1 Å². The van der Waals surface area contributed by atoms with Crippen molar-refractivity contribution in [1.29, 1.82) is 0 Å². The van der Waals surface area contributed by atoms with Crippen LogP contribution in [0.15, 0.2) is 12.1 Å². The highest BCUT2D eigenvalue weighted by Gasteiger charge is 2.28. The number of nitrogens with one attached hydrogen (secondary N) is 1. The van der Waals surface area contributed by atoms with Gasteiger partial charge in [0.1, 0.15) is 17.4 Å². The number of halogens is 4. The molecule has 1 fully saturated rings. The first kappa shape index (κ1) is 16.6. The molecule has 1 aromatic carbocycles. The molecule has 2 rings (SSSR count). The molecule has 0 radical (unpaired) electrons. The summed E-state index contributed by atoms with van der Waals surface area (Å²) in [4.78, 5) is 27.2. The van der Waals surface area contributed by atoms with E-state index in [0.717, 1.165) is 0 Å². The number of rotatable bonds is 3. The molecule has 114 valence electrons. The molecule has 1 amide bonds. The van der Waals surface area contributed by atoms with Crippen molar-refractivity contribution in [2.45, 2.75) is 19.0 Å². The fourth-order valence-electron chi connectivity index (χ4n) is 1.93. The second-order valence-corrected chi connectivity index (χ2v) is 3.97. The highest BCUT2D eigenvalue weighted by Crippen LogP contribution is 2.31. The molecule has 1 saturated heterocycles. The van der Waals surface area contributed by atoms with Crippen molar-refractivity contribution in [1.82, 2.24) is 5.32 Å². The smallest absolute Gasteiger partial charge is 0.387 e. The van der Waals surface area contributed by atoms with Gasteiger partial charge in [0.05, 0.1) is 0 Å². The molecule has 0 spiro atoms. The summed E-state index contributed by atoms with van der Waals surface area (Å²) in [5.74, 6) is -3.50.